The summed E-state index contributed by atoms with van der Waals surface area (Å²) < 4.78 is 15.6. The Morgan fingerprint density at radius 2 is 1.93 bits per heavy atom. The SMILES string of the molecule is CCOC(=O)N1CCC(NC(=O)COC(=O)C(C)Oc2ccc(Cl)cc2C)CC1. The number of rotatable bonds is 7. The van der Waals surface area contributed by atoms with E-state index in [-0.39, 0.29) is 24.6 Å². The molecule has 1 N–H and O–H groups in total. The van der Waals surface area contributed by atoms with Crippen LogP contribution in [0.5, 0.6) is 5.75 Å². The number of amides is 2. The van der Waals surface area contributed by atoms with Crippen LogP contribution in [0.25, 0.3) is 0 Å². The Balaban J connectivity index is 1.70. The molecule has 1 aliphatic heterocycles. The lowest BCUT2D eigenvalue weighted by Gasteiger charge is -2.31. The molecule has 160 valence electrons. The minimum Gasteiger partial charge on any atom is -0.479 e. The van der Waals surface area contributed by atoms with Gasteiger partial charge in [0.25, 0.3) is 5.91 Å². The van der Waals surface area contributed by atoms with Crippen molar-refractivity contribution in [2.24, 2.45) is 0 Å². The number of esters is 1. The van der Waals surface area contributed by atoms with Crippen molar-refractivity contribution in [1.82, 2.24) is 10.2 Å². The molecule has 8 nitrogen and oxygen atoms in total. The van der Waals surface area contributed by atoms with Crippen molar-refractivity contribution in [3.05, 3.63) is 28.8 Å². The fourth-order valence-electron chi connectivity index (χ4n) is 2.93. The number of hydrogen-bond donors (Lipinski definition) is 1. The molecule has 1 aromatic rings. The van der Waals surface area contributed by atoms with E-state index in [0.29, 0.717) is 43.3 Å². The van der Waals surface area contributed by atoms with E-state index in [1.165, 1.54) is 0 Å². The molecule has 2 amide bonds. The van der Waals surface area contributed by atoms with E-state index in [2.05, 4.69) is 5.32 Å². The molecule has 1 unspecified atom stereocenters. The van der Waals surface area contributed by atoms with E-state index in [1.54, 1.807) is 36.9 Å². The summed E-state index contributed by atoms with van der Waals surface area (Å²) in [7, 11) is 0. The number of benzene rings is 1. The zero-order valence-corrected chi connectivity index (χ0v) is 17.7. The molecule has 1 aliphatic rings. The standard InChI is InChI=1S/C20H27ClN2O6/c1-4-27-20(26)23-9-7-16(8-10-23)22-18(24)12-28-19(25)14(3)29-17-6-5-15(21)11-13(17)2/h5-6,11,14,16H,4,7-10,12H2,1-3H3,(H,22,24). The molecule has 0 aromatic heterocycles. The highest BCUT2D eigenvalue weighted by Crippen LogP contribution is 2.23. The number of hydrogen-bond acceptors (Lipinski definition) is 6. The molecule has 0 spiro atoms. The number of likely N-dealkylation sites (tertiary alicyclic amines) is 1. The van der Waals surface area contributed by atoms with Gasteiger partial charge in [0, 0.05) is 24.2 Å². The Hall–Kier alpha value is -2.48. The van der Waals surface area contributed by atoms with Crippen molar-refractivity contribution in [2.75, 3.05) is 26.3 Å². The van der Waals surface area contributed by atoms with Gasteiger partial charge in [-0.25, -0.2) is 9.59 Å². The summed E-state index contributed by atoms with van der Waals surface area (Å²) in [5.74, 6) is -0.494. The lowest BCUT2D eigenvalue weighted by Crippen LogP contribution is -2.47. The summed E-state index contributed by atoms with van der Waals surface area (Å²) in [6, 6.07) is 5.01. The van der Waals surface area contributed by atoms with E-state index in [9.17, 15) is 14.4 Å². The van der Waals surface area contributed by atoms with Gasteiger partial charge in [-0.15, -0.1) is 0 Å². The molecule has 1 heterocycles. The monoisotopic (exact) mass is 426 g/mol. The first-order valence-electron chi connectivity index (χ1n) is 9.60. The van der Waals surface area contributed by atoms with Crippen LogP contribution in [0.1, 0.15) is 32.3 Å². The van der Waals surface area contributed by atoms with Crippen LogP contribution in [0.4, 0.5) is 4.79 Å². The molecule has 0 bridgehead atoms. The number of carbonyl (C=O) groups is 3. The predicted octanol–water partition coefficient (Wildman–Crippen LogP) is 2.70. The van der Waals surface area contributed by atoms with Crippen LogP contribution < -0.4 is 10.1 Å². The number of piperidine rings is 1. The number of nitrogens with zero attached hydrogens (tertiary/aromatic N) is 1. The van der Waals surface area contributed by atoms with Crippen molar-refractivity contribution >= 4 is 29.6 Å². The number of halogens is 1. The van der Waals surface area contributed by atoms with Gasteiger partial charge in [0.1, 0.15) is 5.75 Å². The summed E-state index contributed by atoms with van der Waals surface area (Å²) >= 11 is 5.90. The predicted molar refractivity (Wildman–Crippen MR) is 107 cm³/mol. The number of nitrogens with one attached hydrogen (secondary N) is 1. The molecule has 0 saturated carbocycles. The maximum absolute atomic E-state index is 12.1. The third-order valence-corrected chi connectivity index (χ3v) is 4.74. The Morgan fingerprint density at radius 3 is 2.55 bits per heavy atom. The van der Waals surface area contributed by atoms with Gasteiger partial charge >= 0.3 is 12.1 Å². The zero-order chi connectivity index (χ0) is 21.4. The van der Waals surface area contributed by atoms with Crippen LogP contribution in [0.2, 0.25) is 5.02 Å². The van der Waals surface area contributed by atoms with Crippen molar-refractivity contribution in [2.45, 2.75) is 45.8 Å². The Bertz CT molecular complexity index is 734. The van der Waals surface area contributed by atoms with Crippen molar-refractivity contribution in [1.29, 1.82) is 0 Å². The van der Waals surface area contributed by atoms with E-state index in [0.717, 1.165) is 5.56 Å². The summed E-state index contributed by atoms with van der Waals surface area (Å²) in [5, 5.41) is 3.40. The average molecular weight is 427 g/mol. The first-order valence-corrected chi connectivity index (χ1v) is 9.98. The second kappa shape index (κ2) is 10.9. The molecule has 0 aliphatic carbocycles. The highest BCUT2D eigenvalue weighted by Gasteiger charge is 2.25. The lowest BCUT2D eigenvalue weighted by molar-refractivity contribution is -0.155. The van der Waals surface area contributed by atoms with Crippen LogP contribution in [0.15, 0.2) is 18.2 Å². The van der Waals surface area contributed by atoms with Crippen LogP contribution in [0, 0.1) is 6.92 Å². The maximum atomic E-state index is 12.1. The topological polar surface area (TPSA) is 94.2 Å². The molecule has 1 atom stereocenters. The summed E-state index contributed by atoms with van der Waals surface area (Å²) in [6.07, 6.45) is 0.0356. The molecule has 29 heavy (non-hydrogen) atoms. The lowest BCUT2D eigenvalue weighted by atomic mass is 10.1. The molecule has 1 fully saturated rings. The quantitative estimate of drug-likeness (QED) is 0.673. The Labute approximate surface area is 175 Å². The van der Waals surface area contributed by atoms with E-state index in [4.69, 9.17) is 25.8 Å². The van der Waals surface area contributed by atoms with Gasteiger partial charge in [0.2, 0.25) is 0 Å². The second-order valence-corrected chi connectivity index (χ2v) is 7.24. The van der Waals surface area contributed by atoms with E-state index in [1.807, 2.05) is 6.92 Å². The molecular formula is C20H27ClN2O6. The third kappa shape index (κ3) is 7.12. The zero-order valence-electron chi connectivity index (χ0n) is 16.9. The molecule has 9 heteroatoms. The number of aryl methyl sites for hydroxylation is 1. The molecule has 2 rings (SSSR count). The van der Waals surface area contributed by atoms with Gasteiger partial charge in [-0.3, -0.25) is 4.79 Å². The van der Waals surface area contributed by atoms with Gasteiger partial charge in [0.05, 0.1) is 6.61 Å². The fraction of sp³-hybridized carbons (Fsp3) is 0.550. The molecule has 1 saturated heterocycles. The Kier molecular flexibility index (Phi) is 8.57. The van der Waals surface area contributed by atoms with E-state index < -0.39 is 12.1 Å². The average Bonchev–Trinajstić information content (AvgIpc) is 2.69. The Morgan fingerprint density at radius 1 is 1.24 bits per heavy atom. The highest BCUT2D eigenvalue weighted by atomic mass is 35.5. The minimum absolute atomic E-state index is 0.0720. The van der Waals surface area contributed by atoms with Gasteiger partial charge < -0.3 is 24.4 Å². The summed E-state index contributed by atoms with van der Waals surface area (Å²) in [5.41, 5.74) is 0.795. The second-order valence-electron chi connectivity index (χ2n) is 6.81. The van der Waals surface area contributed by atoms with Gasteiger partial charge in [0.15, 0.2) is 12.7 Å². The summed E-state index contributed by atoms with van der Waals surface area (Å²) in [6.45, 7) is 6.10. The van der Waals surface area contributed by atoms with Crippen molar-refractivity contribution < 1.29 is 28.6 Å². The largest absolute Gasteiger partial charge is 0.479 e. The fourth-order valence-corrected chi connectivity index (χ4v) is 3.15. The van der Waals surface area contributed by atoms with Gasteiger partial charge in [-0.1, -0.05) is 11.6 Å². The maximum Gasteiger partial charge on any atom is 0.409 e. The summed E-state index contributed by atoms with van der Waals surface area (Å²) in [4.78, 5) is 37.4. The normalized spacial score (nSPS) is 15.4. The van der Waals surface area contributed by atoms with Gasteiger partial charge in [-0.2, -0.15) is 0 Å². The first-order chi connectivity index (χ1) is 13.8. The molecule has 0 radical (unpaired) electrons. The van der Waals surface area contributed by atoms with Crippen molar-refractivity contribution in [3.8, 4) is 5.75 Å². The smallest absolute Gasteiger partial charge is 0.409 e. The van der Waals surface area contributed by atoms with Crippen LogP contribution in [-0.4, -0.2) is 61.3 Å². The van der Waals surface area contributed by atoms with Crippen LogP contribution in [-0.2, 0) is 19.1 Å². The van der Waals surface area contributed by atoms with Crippen LogP contribution >= 0.6 is 11.6 Å². The van der Waals surface area contributed by atoms with E-state index >= 15 is 0 Å². The third-order valence-electron chi connectivity index (χ3n) is 4.50. The molecule has 1 aromatic carbocycles. The minimum atomic E-state index is -0.865. The number of ether oxygens (including phenoxy) is 3. The van der Waals surface area contributed by atoms with Crippen molar-refractivity contribution in [3.63, 3.8) is 0 Å². The number of carbonyl (C=O) groups excluding carboxylic acids is 3. The van der Waals surface area contributed by atoms with Crippen LogP contribution in [0.3, 0.4) is 0 Å². The first kappa shape index (κ1) is 22.8. The molecular weight excluding hydrogens is 400 g/mol. The van der Waals surface area contributed by atoms with Gasteiger partial charge in [-0.05, 0) is 57.4 Å². The highest BCUT2D eigenvalue weighted by molar-refractivity contribution is 6.30.